The molecule has 0 aliphatic heterocycles. The van der Waals surface area contributed by atoms with E-state index in [9.17, 15) is 9.59 Å². The normalized spacial score (nSPS) is 11.0. The Kier molecular flexibility index (Phi) is 9.45. The predicted octanol–water partition coefficient (Wildman–Crippen LogP) is 6.18. The van der Waals surface area contributed by atoms with Gasteiger partial charge in [0.05, 0.1) is 24.6 Å². The fourth-order valence-corrected chi connectivity index (χ4v) is 5.15. The molecule has 10 heteroatoms. The third-order valence-electron chi connectivity index (χ3n) is 6.39. The number of benzene rings is 2. The van der Waals surface area contributed by atoms with Crippen molar-refractivity contribution in [3.8, 4) is 27.8 Å². The maximum atomic E-state index is 12.6. The van der Waals surface area contributed by atoms with Crippen LogP contribution in [0.4, 0.5) is 0 Å². The lowest BCUT2D eigenvalue weighted by Crippen LogP contribution is -2.30. The van der Waals surface area contributed by atoms with Crippen molar-refractivity contribution >= 4 is 23.3 Å². The monoisotopic (exact) mass is 585 g/mol. The molecular weight excluding hydrogens is 554 g/mol. The van der Waals surface area contributed by atoms with Crippen LogP contribution in [0.2, 0.25) is 0 Å². The molecule has 0 saturated carbocycles. The van der Waals surface area contributed by atoms with Gasteiger partial charge in [-0.1, -0.05) is 36.4 Å². The van der Waals surface area contributed by atoms with Gasteiger partial charge in [-0.2, -0.15) is 5.10 Å². The molecular formula is C32H31N3O6S. The number of hydrogen-bond acceptors (Lipinski definition) is 9. The SMILES string of the molecule is CCOC(=O)C(Cc1cn(Cc2ccc(OCc3coc(-c4ccccc4)n3)cc2)nc1-c1cccs1)C(=O)OCC. The van der Waals surface area contributed by atoms with E-state index in [1.54, 1.807) is 31.4 Å². The van der Waals surface area contributed by atoms with E-state index in [1.807, 2.05) is 83.0 Å². The van der Waals surface area contributed by atoms with Gasteiger partial charge in [0.25, 0.3) is 0 Å². The van der Waals surface area contributed by atoms with Crippen molar-refractivity contribution < 1.29 is 28.2 Å². The number of carbonyl (C=O) groups excluding carboxylic acids is 2. The number of oxazole rings is 1. The maximum Gasteiger partial charge on any atom is 0.320 e. The van der Waals surface area contributed by atoms with Crippen molar-refractivity contribution in [2.24, 2.45) is 5.92 Å². The highest BCUT2D eigenvalue weighted by molar-refractivity contribution is 7.13. The summed E-state index contributed by atoms with van der Waals surface area (Å²) in [5.41, 5.74) is 4.12. The van der Waals surface area contributed by atoms with Crippen LogP contribution >= 0.6 is 11.3 Å². The summed E-state index contributed by atoms with van der Waals surface area (Å²) in [5, 5.41) is 6.78. The zero-order chi connectivity index (χ0) is 29.3. The van der Waals surface area contributed by atoms with Gasteiger partial charge in [0.1, 0.15) is 30.0 Å². The van der Waals surface area contributed by atoms with E-state index < -0.39 is 17.9 Å². The molecule has 2 aromatic carbocycles. The van der Waals surface area contributed by atoms with Crippen molar-refractivity contribution in [3.05, 3.63) is 101 Å². The summed E-state index contributed by atoms with van der Waals surface area (Å²) in [6, 6.07) is 21.4. The highest BCUT2D eigenvalue weighted by Crippen LogP contribution is 2.29. The highest BCUT2D eigenvalue weighted by Gasteiger charge is 2.31. The summed E-state index contributed by atoms with van der Waals surface area (Å²) >= 11 is 1.54. The number of thiophene rings is 1. The van der Waals surface area contributed by atoms with E-state index in [0.717, 1.165) is 27.3 Å². The first-order valence-electron chi connectivity index (χ1n) is 13.7. The largest absolute Gasteiger partial charge is 0.487 e. The Labute approximate surface area is 247 Å². The molecule has 3 heterocycles. The van der Waals surface area contributed by atoms with Crippen LogP contribution in [-0.4, -0.2) is 39.9 Å². The number of aromatic nitrogens is 3. The second-order valence-electron chi connectivity index (χ2n) is 9.38. The molecule has 0 saturated heterocycles. The van der Waals surface area contributed by atoms with Crippen molar-refractivity contribution in [2.75, 3.05) is 13.2 Å². The van der Waals surface area contributed by atoms with Gasteiger partial charge < -0.3 is 18.6 Å². The number of esters is 2. The molecule has 5 rings (SSSR count). The summed E-state index contributed by atoms with van der Waals surface area (Å²) in [4.78, 5) is 30.7. The maximum absolute atomic E-state index is 12.6. The third kappa shape index (κ3) is 7.13. The standard InChI is InChI=1S/C32H31N3O6S/c1-3-38-31(36)27(32(37)39-4-2)17-24-19-35(34-29(24)28-11-8-16-42-28)18-22-12-14-26(15-13-22)40-20-25-21-41-30(33-25)23-9-6-5-7-10-23/h5-16,19,21,27H,3-4,17-18,20H2,1-2H3. The number of carbonyl (C=O) groups is 2. The molecule has 0 unspecified atom stereocenters. The minimum Gasteiger partial charge on any atom is -0.487 e. The Balaban J connectivity index is 1.27. The van der Waals surface area contributed by atoms with Crippen LogP contribution < -0.4 is 4.74 Å². The lowest BCUT2D eigenvalue weighted by atomic mass is 9.99. The lowest BCUT2D eigenvalue weighted by molar-refractivity contribution is -0.161. The Morgan fingerprint density at radius 2 is 1.69 bits per heavy atom. The van der Waals surface area contributed by atoms with Crippen molar-refractivity contribution in [2.45, 2.75) is 33.4 Å². The van der Waals surface area contributed by atoms with Crippen molar-refractivity contribution in [1.29, 1.82) is 0 Å². The van der Waals surface area contributed by atoms with Crippen LogP contribution in [0.25, 0.3) is 22.0 Å². The van der Waals surface area contributed by atoms with Gasteiger partial charge in [-0.15, -0.1) is 11.3 Å². The average Bonchev–Trinajstić information content (AvgIpc) is 3.78. The molecule has 0 radical (unpaired) electrons. The van der Waals surface area contributed by atoms with E-state index in [0.29, 0.717) is 23.9 Å². The van der Waals surface area contributed by atoms with Crippen LogP contribution in [0, 0.1) is 5.92 Å². The molecule has 0 spiro atoms. The summed E-state index contributed by atoms with van der Waals surface area (Å²) in [7, 11) is 0. The first-order chi connectivity index (χ1) is 20.5. The van der Waals surface area contributed by atoms with E-state index in [1.165, 1.54) is 0 Å². The van der Waals surface area contributed by atoms with E-state index in [2.05, 4.69) is 4.98 Å². The molecule has 42 heavy (non-hydrogen) atoms. The number of ether oxygens (including phenoxy) is 3. The van der Waals surface area contributed by atoms with Crippen molar-refractivity contribution in [1.82, 2.24) is 14.8 Å². The first kappa shape index (κ1) is 28.8. The highest BCUT2D eigenvalue weighted by atomic mass is 32.1. The molecule has 0 aliphatic carbocycles. The molecule has 3 aromatic heterocycles. The predicted molar refractivity (Wildman–Crippen MR) is 158 cm³/mol. The van der Waals surface area contributed by atoms with E-state index in [4.69, 9.17) is 23.7 Å². The van der Waals surface area contributed by atoms with Gasteiger partial charge >= 0.3 is 11.9 Å². The fraction of sp³-hybridized carbons (Fsp3) is 0.250. The Bertz CT molecular complexity index is 1570. The van der Waals surface area contributed by atoms with Gasteiger partial charge in [-0.05, 0) is 55.1 Å². The Hall–Kier alpha value is -4.70. The molecule has 9 nitrogen and oxygen atoms in total. The smallest absolute Gasteiger partial charge is 0.320 e. The molecule has 0 amide bonds. The fourth-order valence-electron chi connectivity index (χ4n) is 4.40. The molecule has 0 fully saturated rings. The summed E-state index contributed by atoms with van der Waals surface area (Å²) in [6.45, 7) is 4.55. The minimum absolute atomic E-state index is 0.131. The van der Waals surface area contributed by atoms with E-state index >= 15 is 0 Å². The summed E-state index contributed by atoms with van der Waals surface area (Å²) in [6.07, 6.45) is 3.61. The molecule has 0 aliphatic rings. The van der Waals surface area contributed by atoms with Crippen molar-refractivity contribution in [3.63, 3.8) is 0 Å². The van der Waals surface area contributed by atoms with Crippen LogP contribution in [0.15, 0.2) is 89.0 Å². The number of nitrogens with zero attached hydrogens (tertiary/aromatic N) is 3. The van der Waals surface area contributed by atoms with Crippen LogP contribution in [0.3, 0.4) is 0 Å². The lowest BCUT2D eigenvalue weighted by Gasteiger charge is -2.14. The van der Waals surface area contributed by atoms with Crippen LogP contribution in [-0.2, 0) is 38.6 Å². The van der Waals surface area contributed by atoms with Crippen LogP contribution in [0.5, 0.6) is 5.75 Å². The van der Waals surface area contributed by atoms with Gasteiger partial charge in [0.15, 0.2) is 5.92 Å². The zero-order valence-corrected chi connectivity index (χ0v) is 24.2. The van der Waals surface area contributed by atoms with Gasteiger partial charge in [0.2, 0.25) is 5.89 Å². The number of rotatable bonds is 13. The second kappa shape index (κ2) is 13.8. The molecule has 0 atom stereocenters. The zero-order valence-electron chi connectivity index (χ0n) is 23.4. The van der Waals surface area contributed by atoms with Gasteiger partial charge in [-0.25, -0.2) is 4.98 Å². The topological polar surface area (TPSA) is 106 Å². The summed E-state index contributed by atoms with van der Waals surface area (Å²) < 4.78 is 23.7. The molecule has 5 aromatic rings. The third-order valence-corrected chi connectivity index (χ3v) is 7.26. The Morgan fingerprint density at radius 3 is 2.36 bits per heavy atom. The van der Waals surface area contributed by atoms with Crippen LogP contribution in [0.1, 0.15) is 30.7 Å². The second-order valence-corrected chi connectivity index (χ2v) is 10.3. The van der Waals surface area contributed by atoms with Gasteiger partial charge in [0, 0.05) is 23.7 Å². The quantitative estimate of drug-likeness (QED) is 0.119. The Morgan fingerprint density at radius 1 is 0.952 bits per heavy atom. The number of hydrogen-bond donors (Lipinski definition) is 0. The minimum atomic E-state index is -1.06. The molecule has 216 valence electrons. The van der Waals surface area contributed by atoms with Gasteiger partial charge in [-0.3, -0.25) is 14.3 Å². The summed E-state index contributed by atoms with van der Waals surface area (Å²) in [5.74, 6) is -1.00. The van der Waals surface area contributed by atoms with E-state index in [-0.39, 0.29) is 26.2 Å². The molecule has 0 N–H and O–H groups in total. The molecule has 0 bridgehead atoms. The first-order valence-corrected chi connectivity index (χ1v) is 14.6. The average molecular weight is 586 g/mol.